The number of carboxylic acid groups (broad SMARTS) is 1. The first kappa shape index (κ1) is 81.5. The van der Waals surface area contributed by atoms with Gasteiger partial charge in [-0.3, -0.25) is 14.4 Å². The second-order valence-corrected chi connectivity index (χ2v) is 29.9. The van der Waals surface area contributed by atoms with Crippen LogP contribution in [0.25, 0.3) is 44.5 Å². The predicted molar refractivity (Wildman–Crippen MR) is 409 cm³/mol. The first-order valence-corrected chi connectivity index (χ1v) is 35.6. The van der Waals surface area contributed by atoms with E-state index in [1.807, 2.05) is 125 Å². The molecule has 17 heteroatoms. The number of rotatable bonds is 18. The first-order valence-electron chi connectivity index (χ1n) is 35.6. The quantitative estimate of drug-likeness (QED) is 0.0344. The van der Waals surface area contributed by atoms with Crippen molar-refractivity contribution in [3.05, 3.63) is 239 Å². The number of benzene rings is 8. The van der Waals surface area contributed by atoms with Gasteiger partial charge < -0.3 is 56.1 Å². The van der Waals surface area contributed by atoms with E-state index in [1.54, 1.807) is 0 Å². The summed E-state index contributed by atoms with van der Waals surface area (Å²) in [5.74, 6) is -1.76. The number of amides is 2. The summed E-state index contributed by atoms with van der Waals surface area (Å²) in [6.45, 7) is 24.8. The summed E-state index contributed by atoms with van der Waals surface area (Å²) in [5, 5.41) is 33.2. The number of aliphatic hydroxyl groups excluding tert-OH is 2. The lowest BCUT2D eigenvalue weighted by molar-refractivity contribution is -0.148. The van der Waals surface area contributed by atoms with Crippen molar-refractivity contribution in [1.82, 2.24) is 10.6 Å². The number of carboxylic acids is 1. The van der Waals surface area contributed by atoms with Crippen molar-refractivity contribution in [2.45, 2.75) is 156 Å². The van der Waals surface area contributed by atoms with E-state index in [4.69, 9.17) is 25.1 Å². The fourth-order valence-corrected chi connectivity index (χ4v) is 14.7. The molecule has 0 fully saturated rings. The minimum absolute atomic E-state index is 0. The van der Waals surface area contributed by atoms with Gasteiger partial charge in [0.15, 0.2) is 11.8 Å². The molecule has 4 aliphatic rings. The molecule has 0 spiro atoms. The van der Waals surface area contributed by atoms with Gasteiger partial charge in [-0.2, -0.15) is 0 Å². The molecule has 0 bridgehead atoms. The molecule has 0 aliphatic heterocycles. The predicted octanol–water partition coefficient (Wildman–Crippen LogP) is 15.8. The Morgan fingerprint density at radius 1 is 0.413 bits per heavy atom. The van der Waals surface area contributed by atoms with Gasteiger partial charge in [0.1, 0.15) is 25.3 Å². The van der Waals surface area contributed by atoms with Crippen LogP contribution in [0.15, 0.2) is 194 Å². The van der Waals surface area contributed by atoms with Crippen LogP contribution in [-0.4, -0.2) is 114 Å². The Morgan fingerprint density at radius 2 is 0.673 bits per heavy atom. The summed E-state index contributed by atoms with van der Waals surface area (Å²) in [6.07, 6.45) is -3.01. The Balaban J connectivity index is 0.000000191. The van der Waals surface area contributed by atoms with Crippen LogP contribution < -0.4 is 16.4 Å². The maximum atomic E-state index is 12.9. The molecule has 104 heavy (non-hydrogen) atoms. The van der Waals surface area contributed by atoms with Gasteiger partial charge in [-0.1, -0.05) is 263 Å². The van der Waals surface area contributed by atoms with Crippen LogP contribution in [0.2, 0.25) is 0 Å². The third kappa shape index (κ3) is 19.9. The number of esters is 2. The molecule has 12 rings (SSSR count). The molecule has 2 unspecified atom stereocenters. The molecule has 8 aromatic carbocycles. The molecule has 9 N–H and O–H groups in total. The number of nitrogens with one attached hydrogen (secondary N) is 2. The number of methoxy groups -OCH3 is 2. The Morgan fingerprint density at radius 3 is 0.923 bits per heavy atom. The van der Waals surface area contributed by atoms with Gasteiger partial charge in [0, 0.05) is 30.1 Å². The number of hydrogen-bond acceptors (Lipinski definition) is 13. The number of ether oxygens (including phenoxy) is 4. The van der Waals surface area contributed by atoms with E-state index in [1.165, 1.54) is 72.6 Å². The molecule has 0 radical (unpaired) electrons. The summed E-state index contributed by atoms with van der Waals surface area (Å²) in [7, 11) is 2.63. The van der Waals surface area contributed by atoms with Crippen LogP contribution in [-0.2, 0) is 38.1 Å². The fourth-order valence-electron chi connectivity index (χ4n) is 14.7. The Labute approximate surface area is 613 Å². The number of carbonyl (C=O) groups excluding carboxylic acids is 5. The molecule has 2 amide bonds. The Kier molecular flexibility index (Phi) is 28.7. The molecule has 552 valence electrons. The van der Waals surface area contributed by atoms with Crippen LogP contribution in [0.3, 0.4) is 0 Å². The Hall–Kier alpha value is -9.78. The minimum atomic E-state index is -1.41. The van der Waals surface area contributed by atoms with E-state index < -0.39 is 66.2 Å². The summed E-state index contributed by atoms with van der Waals surface area (Å²) < 4.78 is 20.0. The Bertz CT molecular complexity index is 3950. The smallest absolute Gasteiger partial charge is 0.407 e. The van der Waals surface area contributed by atoms with Crippen LogP contribution in [0.1, 0.15) is 171 Å². The second-order valence-electron chi connectivity index (χ2n) is 29.9. The number of Topliss-reactive ketones (excluding diaryl/α,β-unsaturated/α-hetero) is 1. The molecule has 4 aliphatic carbocycles. The average molecular weight is 1420 g/mol. The SMILES string of the molecule is CC(C)(C)C1c2ccccc2-c2ccccc21.CC(C)(C)C1c2ccccc2-c2ccccc21.CC(O)[C@H](NC(=O)OCC1c2ccccc2-c2ccccc21)C(=O)O.COC(=O)[C@@H](CC(=O)[C@@H](NC(=O)OCC1c2ccccc2-c2ccccc21)C(C)O)CC(C)C.COC(=O)[C@@H](N)CC(C)C.O. The zero-order valence-electron chi connectivity index (χ0n) is 62.4. The molecule has 0 saturated heterocycles. The average Bonchev–Trinajstić information content (AvgIpc) is 1.64. The minimum Gasteiger partial charge on any atom is -0.480 e. The summed E-state index contributed by atoms with van der Waals surface area (Å²) in [6, 6.07) is 64.1. The van der Waals surface area contributed by atoms with E-state index in [-0.39, 0.29) is 59.7 Å². The van der Waals surface area contributed by atoms with Crippen LogP contribution >= 0.6 is 0 Å². The van der Waals surface area contributed by atoms with Gasteiger partial charge in [0.2, 0.25) is 0 Å². The van der Waals surface area contributed by atoms with Crippen molar-refractivity contribution in [2.75, 3.05) is 27.4 Å². The second kappa shape index (κ2) is 36.6. The van der Waals surface area contributed by atoms with Crippen molar-refractivity contribution >= 4 is 35.9 Å². The van der Waals surface area contributed by atoms with E-state index in [9.17, 15) is 39.0 Å². The molecule has 0 aromatic heterocycles. The normalized spacial score (nSPS) is 14.6. The van der Waals surface area contributed by atoms with Crippen molar-refractivity contribution in [1.29, 1.82) is 0 Å². The lowest BCUT2D eigenvalue weighted by atomic mass is 9.75. The highest BCUT2D eigenvalue weighted by atomic mass is 16.6. The van der Waals surface area contributed by atoms with E-state index in [2.05, 4.69) is 154 Å². The standard InChI is InChI=1S/C27H33NO6.C19H19NO5.2C17H18.C7H15NO2.H2O/c1-16(2)13-18(26(31)33-4)14-24(30)25(17(3)29)28-27(32)34-15-23-21-11-7-5-9-19(21)20-10-6-8-12-22(20)23;1-11(21)17(18(22)23)20-19(24)25-10-16-14-8-4-2-6-12(14)13-7-3-5-9-15(13)16;2*1-17(2,3)16-14-10-6-4-8-12(14)13-9-5-7-11-15(13)16;1-5(2)4-6(8)7(9)10-3;/h5-12,16-18,23,25,29H,13-15H2,1-4H3,(H,28,32);2-9,11,16-17,21H,10H2,1H3,(H,20,24)(H,22,23);2*4-11,16H,1-3H3;5-6H,4,8H2,1-3H3;1H2/t17?,18-,25+;11?,17-;;;6-;/m10..0./s1. The molecule has 0 heterocycles. The monoisotopic (exact) mass is 1420 g/mol. The molecular formula is C87H105N3O14. The zero-order chi connectivity index (χ0) is 75.0. The van der Waals surface area contributed by atoms with Gasteiger partial charge in [-0.25, -0.2) is 14.4 Å². The van der Waals surface area contributed by atoms with Gasteiger partial charge >= 0.3 is 30.1 Å². The molecule has 17 nitrogen and oxygen atoms in total. The van der Waals surface area contributed by atoms with Crippen molar-refractivity contribution in [2.24, 2.45) is 34.3 Å². The molecular weight excluding hydrogens is 1310 g/mol. The highest BCUT2D eigenvalue weighted by Gasteiger charge is 2.39. The number of aliphatic hydroxyl groups is 2. The summed E-state index contributed by atoms with van der Waals surface area (Å²) in [5.41, 5.74) is 26.4. The number of alkyl carbamates (subject to hydrolysis) is 2. The number of ketones is 1. The molecule has 0 saturated carbocycles. The number of aliphatic carboxylic acids is 1. The summed E-state index contributed by atoms with van der Waals surface area (Å²) >= 11 is 0. The topological polar surface area (TPSA) is 282 Å². The first-order chi connectivity index (χ1) is 49.0. The van der Waals surface area contributed by atoms with E-state index in [0.717, 1.165) is 44.5 Å². The highest BCUT2D eigenvalue weighted by Crippen LogP contribution is 2.54. The van der Waals surface area contributed by atoms with E-state index >= 15 is 0 Å². The lowest BCUT2D eigenvalue weighted by Gasteiger charge is -2.29. The maximum Gasteiger partial charge on any atom is 0.407 e. The van der Waals surface area contributed by atoms with Crippen molar-refractivity contribution in [3.8, 4) is 44.5 Å². The van der Waals surface area contributed by atoms with Crippen LogP contribution in [0, 0.1) is 28.6 Å². The lowest BCUT2D eigenvalue weighted by Crippen LogP contribution is -2.48. The fraction of sp³-hybridized carbons (Fsp3) is 0.379. The third-order valence-corrected chi connectivity index (χ3v) is 19.2. The third-order valence-electron chi connectivity index (χ3n) is 19.2. The van der Waals surface area contributed by atoms with Gasteiger partial charge in [-0.05, 0) is 138 Å². The van der Waals surface area contributed by atoms with Gasteiger partial charge in [0.25, 0.3) is 0 Å². The van der Waals surface area contributed by atoms with Crippen LogP contribution in [0.4, 0.5) is 9.59 Å². The number of carbonyl (C=O) groups is 6. The van der Waals surface area contributed by atoms with Gasteiger partial charge in [0.05, 0.1) is 32.3 Å². The number of nitrogens with two attached hydrogens (primary N) is 1. The zero-order valence-corrected chi connectivity index (χ0v) is 62.4. The number of fused-ring (bicyclic) bond motifs is 12. The molecule has 8 aromatic rings. The van der Waals surface area contributed by atoms with Crippen molar-refractivity contribution < 1.29 is 68.5 Å². The number of hydrogen-bond donors (Lipinski definition) is 6. The maximum absolute atomic E-state index is 12.9. The van der Waals surface area contributed by atoms with Gasteiger partial charge in [-0.15, -0.1) is 0 Å². The molecule has 6 atom stereocenters. The van der Waals surface area contributed by atoms with Crippen LogP contribution in [0.5, 0.6) is 0 Å². The highest BCUT2D eigenvalue weighted by molar-refractivity contribution is 5.91. The summed E-state index contributed by atoms with van der Waals surface area (Å²) in [4.78, 5) is 71.3. The largest absolute Gasteiger partial charge is 0.480 e. The van der Waals surface area contributed by atoms with Crippen molar-refractivity contribution in [3.63, 3.8) is 0 Å². The van der Waals surface area contributed by atoms with E-state index in [0.29, 0.717) is 30.6 Å².